The van der Waals surface area contributed by atoms with E-state index in [9.17, 15) is 14.4 Å². The van der Waals surface area contributed by atoms with E-state index in [0.29, 0.717) is 23.5 Å². The second kappa shape index (κ2) is 9.80. The second-order valence-corrected chi connectivity index (χ2v) is 7.07. The number of rotatable bonds is 10. The van der Waals surface area contributed by atoms with Crippen LogP contribution in [0.5, 0.6) is 11.5 Å². The number of hydrogen-bond acceptors (Lipinski definition) is 5. The molecule has 0 radical (unpaired) electrons. The Morgan fingerprint density at radius 1 is 1.19 bits per heavy atom. The van der Waals surface area contributed by atoms with Crippen molar-refractivity contribution in [3.8, 4) is 11.5 Å². The Kier molecular flexibility index (Phi) is 8.08. The molecule has 1 aromatic carbocycles. The van der Waals surface area contributed by atoms with Crippen LogP contribution in [0.4, 0.5) is 0 Å². The summed E-state index contributed by atoms with van der Waals surface area (Å²) >= 11 is 0. The minimum atomic E-state index is -0.917. The molecular weight excluding hydrogens is 352 g/mol. The van der Waals surface area contributed by atoms with Crippen molar-refractivity contribution in [3.63, 3.8) is 0 Å². The van der Waals surface area contributed by atoms with Crippen LogP contribution in [0.3, 0.4) is 0 Å². The van der Waals surface area contributed by atoms with Gasteiger partial charge in [-0.2, -0.15) is 0 Å². The van der Waals surface area contributed by atoms with E-state index < -0.39 is 11.4 Å². The van der Waals surface area contributed by atoms with Crippen molar-refractivity contribution >= 4 is 17.8 Å². The fourth-order valence-corrected chi connectivity index (χ4v) is 2.13. The summed E-state index contributed by atoms with van der Waals surface area (Å²) in [6.07, 6.45) is 0.303. The fraction of sp³-hybridized carbons (Fsp3) is 0.526. The van der Waals surface area contributed by atoms with Crippen molar-refractivity contribution < 1.29 is 29.0 Å². The second-order valence-electron chi connectivity index (χ2n) is 7.07. The normalized spacial score (nSPS) is 11.0. The highest BCUT2D eigenvalue weighted by Gasteiger charge is 2.26. The number of benzene rings is 1. The zero-order valence-electron chi connectivity index (χ0n) is 16.4. The molecule has 0 spiro atoms. The topological polar surface area (TPSA) is 114 Å². The molecule has 1 aromatic rings. The van der Waals surface area contributed by atoms with Gasteiger partial charge >= 0.3 is 5.97 Å². The SMILES string of the molecule is COc1cc(C(=O)NCCC(C)(C)C(=O)O)ccc1OCC(=O)NC(C)C. The van der Waals surface area contributed by atoms with Crippen molar-refractivity contribution in [1.82, 2.24) is 10.6 Å². The summed E-state index contributed by atoms with van der Waals surface area (Å²) in [5.41, 5.74) is -0.571. The van der Waals surface area contributed by atoms with Gasteiger partial charge in [0.1, 0.15) is 0 Å². The van der Waals surface area contributed by atoms with Crippen molar-refractivity contribution in [2.75, 3.05) is 20.3 Å². The highest BCUT2D eigenvalue weighted by Crippen LogP contribution is 2.28. The number of ether oxygens (including phenoxy) is 2. The average molecular weight is 380 g/mol. The molecule has 0 aliphatic heterocycles. The summed E-state index contributed by atoms with van der Waals surface area (Å²) in [4.78, 5) is 35.0. The summed E-state index contributed by atoms with van der Waals surface area (Å²) in [6, 6.07) is 4.63. The monoisotopic (exact) mass is 380 g/mol. The van der Waals surface area contributed by atoms with Crippen LogP contribution in [0.15, 0.2) is 18.2 Å². The van der Waals surface area contributed by atoms with Gasteiger partial charge in [-0.1, -0.05) is 0 Å². The van der Waals surface area contributed by atoms with Crippen molar-refractivity contribution in [1.29, 1.82) is 0 Å². The molecule has 0 atom stereocenters. The van der Waals surface area contributed by atoms with Crippen LogP contribution < -0.4 is 20.1 Å². The van der Waals surface area contributed by atoms with Crippen LogP contribution in [0, 0.1) is 5.41 Å². The molecule has 1 rings (SSSR count). The molecule has 150 valence electrons. The predicted molar refractivity (Wildman–Crippen MR) is 100 cm³/mol. The van der Waals surface area contributed by atoms with Crippen LogP contribution in [0.1, 0.15) is 44.5 Å². The Balaban J connectivity index is 2.68. The average Bonchev–Trinajstić information content (AvgIpc) is 2.58. The lowest BCUT2D eigenvalue weighted by Crippen LogP contribution is -2.34. The lowest BCUT2D eigenvalue weighted by Gasteiger charge is -2.19. The van der Waals surface area contributed by atoms with Gasteiger partial charge in [0.05, 0.1) is 12.5 Å². The predicted octanol–water partition coefficient (Wildman–Crippen LogP) is 1.83. The first kappa shape index (κ1) is 22.3. The summed E-state index contributed by atoms with van der Waals surface area (Å²) in [7, 11) is 1.44. The van der Waals surface area contributed by atoms with Gasteiger partial charge in [-0.25, -0.2) is 0 Å². The van der Waals surface area contributed by atoms with E-state index in [1.54, 1.807) is 26.0 Å². The minimum absolute atomic E-state index is 0.0140. The molecule has 0 saturated carbocycles. The first-order valence-electron chi connectivity index (χ1n) is 8.68. The molecule has 0 fully saturated rings. The number of carbonyl (C=O) groups excluding carboxylic acids is 2. The lowest BCUT2D eigenvalue weighted by atomic mass is 9.90. The Morgan fingerprint density at radius 2 is 1.85 bits per heavy atom. The molecule has 0 bridgehead atoms. The number of aliphatic carboxylic acids is 1. The van der Waals surface area contributed by atoms with Gasteiger partial charge in [-0.05, 0) is 52.3 Å². The minimum Gasteiger partial charge on any atom is -0.493 e. The van der Waals surface area contributed by atoms with Crippen LogP contribution in [0.25, 0.3) is 0 Å². The molecule has 0 saturated heterocycles. The smallest absolute Gasteiger partial charge is 0.309 e. The van der Waals surface area contributed by atoms with Gasteiger partial charge in [0, 0.05) is 18.2 Å². The van der Waals surface area contributed by atoms with Gasteiger partial charge < -0.3 is 25.2 Å². The van der Waals surface area contributed by atoms with Crippen LogP contribution in [0.2, 0.25) is 0 Å². The maximum absolute atomic E-state index is 12.2. The maximum Gasteiger partial charge on any atom is 0.309 e. The summed E-state index contributed by atoms with van der Waals surface area (Å²) in [6.45, 7) is 6.98. The molecule has 0 aliphatic rings. The van der Waals surface area contributed by atoms with Crippen molar-refractivity contribution in [3.05, 3.63) is 23.8 Å². The third-order valence-electron chi connectivity index (χ3n) is 3.85. The fourth-order valence-electron chi connectivity index (χ4n) is 2.13. The quantitative estimate of drug-likeness (QED) is 0.571. The molecule has 3 N–H and O–H groups in total. The van der Waals surface area contributed by atoms with Gasteiger partial charge in [-0.3, -0.25) is 14.4 Å². The molecule has 0 aliphatic carbocycles. The Hall–Kier alpha value is -2.77. The van der Waals surface area contributed by atoms with Gasteiger partial charge in [-0.15, -0.1) is 0 Å². The molecule has 8 nitrogen and oxygen atoms in total. The highest BCUT2D eigenvalue weighted by atomic mass is 16.5. The molecule has 0 heterocycles. The molecular formula is C19H28N2O6. The van der Waals surface area contributed by atoms with Crippen molar-refractivity contribution in [2.45, 2.75) is 40.2 Å². The summed E-state index contributed by atoms with van der Waals surface area (Å²) in [5.74, 6) is -0.847. The summed E-state index contributed by atoms with van der Waals surface area (Å²) in [5, 5.41) is 14.5. The zero-order chi connectivity index (χ0) is 20.6. The number of carboxylic acids is 1. The van der Waals surface area contributed by atoms with E-state index in [1.807, 2.05) is 13.8 Å². The summed E-state index contributed by atoms with van der Waals surface area (Å²) < 4.78 is 10.7. The molecule has 27 heavy (non-hydrogen) atoms. The maximum atomic E-state index is 12.2. The van der Waals surface area contributed by atoms with Crippen LogP contribution >= 0.6 is 0 Å². The molecule has 0 aromatic heterocycles. The molecule has 8 heteroatoms. The first-order valence-corrected chi connectivity index (χ1v) is 8.68. The number of amides is 2. The van der Waals surface area contributed by atoms with E-state index in [1.165, 1.54) is 13.2 Å². The standard InChI is InChI=1S/C19H28N2O6/c1-12(2)21-16(22)11-27-14-7-6-13(10-15(14)26-5)17(23)20-9-8-19(3,4)18(24)25/h6-7,10,12H,8-9,11H2,1-5H3,(H,20,23)(H,21,22)(H,24,25). The molecule has 2 amide bonds. The first-order chi connectivity index (χ1) is 12.6. The van der Waals surface area contributed by atoms with Gasteiger partial charge in [0.25, 0.3) is 11.8 Å². The number of hydrogen-bond donors (Lipinski definition) is 3. The zero-order valence-corrected chi connectivity index (χ0v) is 16.4. The third kappa shape index (κ3) is 7.16. The van der Waals surface area contributed by atoms with Crippen LogP contribution in [-0.2, 0) is 9.59 Å². The lowest BCUT2D eigenvalue weighted by molar-refractivity contribution is -0.147. The number of nitrogens with one attached hydrogen (secondary N) is 2. The number of methoxy groups -OCH3 is 1. The Bertz CT molecular complexity index is 685. The van der Waals surface area contributed by atoms with E-state index in [-0.39, 0.29) is 31.0 Å². The third-order valence-corrected chi connectivity index (χ3v) is 3.85. The largest absolute Gasteiger partial charge is 0.493 e. The van der Waals surface area contributed by atoms with E-state index in [0.717, 1.165) is 0 Å². The van der Waals surface area contributed by atoms with Gasteiger partial charge in [0.15, 0.2) is 18.1 Å². The van der Waals surface area contributed by atoms with E-state index in [2.05, 4.69) is 10.6 Å². The van der Waals surface area contributed by atoms with Crippen molar-refractivity contribution in [2.24, 2.45) is 5.41 Å². The van der Waals surface area contributed by atoms with E-state index >= 15 is 0 Å². The van der Waals surface area contributed by atoms with E-state index in [4.69, 9.17) is 14.6 Å². The Morgan fingerprint density at radius 3 is 2.41 bits per heavy atom. The number of carboxylic acid groups (broad SMARTS) is 1. The van der Waals surface area contributed by atoms with Gasteiger partial charge in [0.2, 0.25) is 0 Å². The van der Waals surface area contributed by atoms with Crippen LogP contribution in [-0.4, -0.2) is 49.2 Å². The Labute approximate surface area is 159 Å². The highest BCUT2D eigenvalue weighted by molar-refractivity contribution is 5.95. The molecule has 0 unspecified atom stereocenters. The number of carbonyl (C=O) groups is 3.